The predicted molar refractivity (Wildman–Crippen MR) is 78.3 cm³/mol. The predicted octanol–water partition coefficient (Wildman–Crippen LogP) is 1.97. The summed E-state index contributed by atoms with van der Waals surface area (Å²) >= 11 is 0. The highest BCUT2D eigenvalue weighted by molar-refractivity contribution is 5.43. The molecule has 19 heavy (non-hydrogen) atoms. The van der Waals surface area contributed by atoms with Crippen LogP contribution >= 0.6 is 0 Å². The summed E-state index contributed by atoms with van der Waals surface area (Å²) in [5.41, 5.74) is 8.09. The molecule has 2 rings (SSSR count). The zero-order valence-electron chi connectivity index (χ0n) is 12.1. The third kappa shape index (κ3) is 3.67. The van der Waals surface area contributed by atoms with Crippen LogP contribution in [0.2, 0.25) is 0 Å². The number of hydrogen-bond donors (Lipinski definition) is 1. The van der Waals surface area contributed by atoms with Crippen LogP contribution in [0, 0.1) is 5.92 Å². The van der Waals surface area contributed by atoms with Gasteiger partial charge in [0.1, 0.15) is 5.82 Å². The number of nitrogens with zero attached hydrogens (tertiary/aromatic N) is 2. The summed E-state index contributed by atoms with van der Waals surface area (Å²) in [6.45, 7) is 5.74. The van der Waals surface area contributed by atoms with E-state index in [4.69, 9.17) is 15.5 Å². The fourth-order valence-corrected chi connectivity index (χ4v) is 2.66. The Bertz CT molecular complexity index is 378. The zero-order chi connectivity index (χ0) is 13.7. The van der Waals surface area contributed by atoms with E-state index in [-0.39, 0.29) is 0 Å². The lowest BCUT2D eigenvalue weighted by atomic mass is 9.98. The smallest absolute Gasteiger partial charge is 0.129 e. The summed E-state index contributed by atoms with van der Waals surface area (Å²) in [5, 5.41) is 0. The topological polar surface area (TPSA) is 51.4 Å². The van der Waals surface area contributed by atoms with Crippen molar-refractivity contribution < 1.29 is 4.74 Å². The second-order valence-electron chi connectivity index (χ2n) is 5.27. The van der Waals surface area contributed by atoms with E-state index in [0.29, 0.717) is 12.5 Å². The largest absolute Gasteiger partial charge is 0.384 e. The molecule has 0 spiro atoms. The van der Waals surface area contributed by atoms with Crippen molar-refractivity contribution in [1.29, 1.82) is 0 Å². The molecule has 1 saturated heterocycles. The van der Waals surface area contributed by atoms with Gasteiger partial charge in [-0.05, 0) is 42.9 Å². The van der Waals surface area contributed by atoms with E-state index in [1.54, 1.807) is 7.11 Å². The van der Waals surface area contributed by atoms with Crippen molar-refractivity contribution in [3.8, 4) is 0 Å². The molecule has 0 amide bonds. The Morgan fingerprint density at radius 3 is 2.68 bits per heavy atom. The normalized spacial score (nSPS) is 16.9. The molecule has 0 saturated carbocycles. The van der Waals surface area contributed by atoms with Gasteiger partial charge in [-0.1, -0.05) is 6.92 Å². The zero-order valence-corrected chi connectivity index (χ0v) is 12.1. The molecule has 0 aliphatic carbocycles. The van der Waals surface area contributed by atoms with Crippen LogP contribution in [0.4, 0.5) is 5.82 Å². The average Bonchev–Trinajstić information content (AvgIpc) is 2.47. The van der Waals surface area contributed by atoms with Gasteiger partial charge in [-0.2, -0.15) is 0 Å². The Kier molecular flexibility index (Phi) is 5.16. The van der Waals surface area contributed by atoms with Gasteiger partial charge >= 0.3 is 0 Å². The monoisotopic (exact) mass is 263 g/mol. The number of hydrogen-bond acceptors (Lipinski definition) is 4. The Balaban J connectivity index is 2.06. The lowest BCUT2D eigenvalue weighted by Gasteiger charge is -2.33. The minimum Gasteiger partial charge on any atom is -0.384 e. The molecule has 4 heteroatoms. The van der Waals surface area contributed by atoms with Crippen LogP contribution in [-0.4, -0.2) is 31.8 Å². The van der Waals surface area contributed by atoms with Crippen LogP contribution in [0.3, 0.4) is 0 Å². The molecule has 0 unspecified atom stereocenters. The molecule has 1 aliphatic heterocycles. The molecule has 2 N–H and O–H groups in total. The summed E-state index contributed by atoms with van der Waals surface area (Å²) in [4.78, 5) is 7.11. The van der Waals surface area contributed by atoms with Crippen molar-refractivity contribution in [2.45, 2.75) is 32.7 Å². The number of ether oxygens (including phenoxy) is 1. The molecule has 2 heterocycles. The van der Waals surface area contributed by atoms with Gasteiger partial charge < -0.3 is 15.4 Å². The first kappa shape index (κ1) is 14.3. The van der Waals surface area contributed by atoms with Crippen LogP contribution in [0.25, 0.3) is 0 Å². The van der Waals surface area contributed by atoms with E-state index >= 15 is 0 Å². The number of piperidine rings is 1. The van der Waals surface area contributed by atoms with E-state index in [9.17, 15) is 0 Å². The lowest BCUT2D eigenvalue weighted by Crippen LogP contribution is -2.35. The Hall–Kier alpha value is -1.13. The van der Waals surface area contributed by atoms with Gasteiger partial charge in [0.2, 0.25) is 0 Å². The highest BCUT2D eigenvalue weighted by atomic mass is 16.5. The molecule has 1 fully saturated rings. The number of nitrogens with two attached hydrogens (primary N) is 1. The molecule has 1 aromatic heterocycles. The van der Waals surface area contributed by atoms with Gasteiger partial charge in [0.25, 0.3) is 0 Å². The molecular formula is C15H25N3O. The molecule has 0 atom stereocenters. The molecule has 0 radical (unpaired) electrons. The van der Waals surface area contributed by atoms with Gasteiger partial charge in [0, 0.05) is 39.0 Å². The second kappa shape index (κ2) is 6.87. The van der Waals surface area contributed by atoms with Crippen molar-refractivity contribution in [3.05, 3.63) is 23.4 Å². The fraction of sp³-hybridized carbons (Fsp3) is 0.667. The van der Waals surface area contributed by atoms with Crippen molar-refractivity contribution in [1.82, 2.24) is 4.98 Å². The summed E-state index contributed by atoms with van der Waals surface area (Å²) < 4.78 is 5.24. The second-order valence-corrected chi connectivity index (χ2v) is 5.27. The number of anilines is 1. The first-order valence-corrected chi connectivity index (χ1v) is 7.20. The maximum absolute atomic E-state index is 5.77. The van der Waals surface area contributed by atoms with Crippen molar-refractivity contribution in [2.24, 2.45) is 11.7 Å². The number of aromatic nitrogens is 1. The third-order valence-corrected chi connectivity index (χ3v) is 3.86. The minimum absolute atomic E-state index is 0.586. The van der Waals surface area contributed by atoms with Crippen molar-refractivity contribution in [3.63, 3.8) is 0 Å². The lowest BCUT2D eigenvalue weighted by molar-refractivity contribution is 0.139. The van der Waals surface area contributed by atoms with E-state index in [1.165, 1.54) is 18.4 Å². The minimum atomic E-state index is 0.586. The fourth-order valence-electron chi connectivity index (χ4n) is 2.66. The maximum atomic E-state index is 5.77. The van der Waals surface area contributed by atoms with Crippen molar-refractivity contribution in [2.75, 3.05) is 31.7 Å². The molecule has 106 valence electrons. The van der Waals surface area contributed by atoms with Crippen LogP contribution < -0.4 is 10.6 Å². The average molecular weight is 263 g/mol. The van der Waals surface area contributed by atoms with E-state index in [2.05, 4.69) is 24.0 Å². The van der Waals surface area contributed by atoms with Crippen LogP contribution in [0.5, 0.6) is 0 Å². The Morgan fingerprint density at radius 1 is 1.37 bits per heavy atom. The number of aryl methyl sites for hydroxylation is 1. The first-order valence-electron chi connectivity index (χ1n) is 7.20. The van der Waals surface area contributed by atoms with E-state index in [0.717, 1.165) is 37.6 Å². The third-order valence-electron chi connectivity index (χ3n) is 3.86. The molecular weight excluding hydrogens is 238 g/mol. The van der Waals surface area contributed by atoms with Crippen LogP contribution in [0.1, 0.15) is 31.0 Å². The molecule has 1 aromatic rings. The van der Waals surface area contributed by atoms with Crippen LogP contribution in [0.15, 0.2) is 12.1 Å². The Morgan fingerprint density at radius 2 is 2.11 bits per heavy atom. The maximum Gasteiger partial charge on any atom is 0.129 e. The highest BCUT2D eigenvalue weighted by Gasteiger charge is 2.20. The number of pyridine rings is 1. The molecule has 4 nitrogen and oxygen atoms in total. The molecule has 1 aliphatic rings. The van der Waals surface area contributed by atoms with Gasteiger partial charge in [-0.3, -0.25) is 0 Å². The number of rotatable bonds is 5. The summed E-state index contributed by atoms with van der Waals surface area (Å²) in [6.07, 6.45) is 3.33. The SMILES string of the molecule is CCc1cc(CN)cc(N2CCC(COC)CC2)n1. The van der Waals surface area contributed by atoms with Gasteiger partial charge in [0.05, 0.1) is 0 Å². The van der Waals surface area contributed by atoms with E-state index in [1.807, 2.05) is 0 Å². The summed E-state index contributed by atoms with van der Waals surface area (Å²) in [6, 6.07) is 4.25. The van der Waals surface area contributed by atoms with Gasteiger partial charge in [-0.25, -0.2) is 4.98 Å². The van der Waals surface area contributed by atoms with Gasteiger partial charge in [0.15, 0.2) is 0 Å². The summed E-state index contributed by atoms with van der Waals surface area (Å²) in [5.74, 6) is 1.79. The van der Waals surface area contributed by atoms with Crippen molar-refractivity contribution >= 4 is 5.82 Å². The molecule has 0 bridgehead atoms. The molecule has 0 aromatic carbocycles. The first-order chi connectivity index (χ1) is 9.26. The quantitative estimate of drug-likeness (QED) is 0.882. The van der Waals surface area contributed by atoms with Crippen LogP contribution in [-0.2, 0) is 17.7 Å². The van der Waals surface area contributed by atoms with Gasteiger partial charge in [-0.15, -0.1) is 0 Å². The highest BCUT2D eigenvalue weighted by Crippen LogP contribution is 2.23. The standard InChI is InChI=1S/C15H25N3O/c1-3-14-8-13(10-16)9-15(17-14)18-6-4-12(5-7-18)11-19-2/h8-9,12H,3-7,10-11,16H2,1-2H3. The van der Waals surface area contributed by atoms with E-state index < -0.39 is 0 Å². The summed E-state index contributed by atoms with van der Waals surface area (Å²) in [7, 11) is 1.78. The number of methoxy groups -OCH3 is 1. The Labute approximate surface area is 116 Å².